The van der Waals surface area contributed by atoms with Gasteiger partial charge in [0, 0.05) is 18.5 Å². The lowest BCUT2D eigenvalue weighted by Crippen LogP contribution is -2.23. The van der Waals surface area contributed by atoms with Gasteiger partial charge in [-0.1, -0.05) is 30.3 Å². The lowest BCUT2D eigenvalue weighted by molar-refractivity contribution is 0.208. The van der Waals surface area contributed by atoms with Crippen LogP contribution in [0, 0.1) is 6.92 Å². The molecule has 2 rings (SSSR count). The van der Waals surface area contributed by atoms with Crippen molar-refractivity contribution >= 4 is 5.95 Å². The SMILES string of the molecule is Cc1nc(NCC(C)O)[nH]c(=O)c1Cc1ccccc1. The van der Waals surface area contributed by atoms with E-state index in [1.807, 2.05) is 37.3 Å². The van der Waals surface area contributed by atoms with Gasteiger partial charge in [-0.05, 0) is 19.4 Å². The van der Waals surface area contributed by atoms with E-state index in [0.717, 1.165) is 5.56 Å². The minimum absolute atomic E-state index is 0.144. The van der Waals surface area contributed by atoms with E-state index in [0.29, 0.717) is 30.2 Å². The Labute approximate surface area is 117 Å². The molecule has 1 aromatic carbocycles. The molecule has 2 aromatic rings. The van der Waals surface area contributed by atoms with Crippen molar-refractivity contribution < 1.29 is 5.11 Å². The fourth-order valence-electron chi connectivity index (χ4n) is 1.95. The van der Waals surface area contributed by atoms with Gasteiger partial charge in [0.05, 0.1) is 11.8 Å². The Morgan fingerprint density at radius 1 is 1.35 bits per heavy atom. The van der Waals surface area contributed by atoms with Gasteiger partial charge >= 0.3 is 0 Å². The number of nitrogens with zero attached hydrogens (tertiary/aromatic N) is 1. The van der Waals surface area contributed by atoms with Crippen molar-refractivity contribution in [3.05, 3.63) is 57.5 Å². The molecule has 0 radical (unpaired) electrons. The number of aliphatic hydroxyl groups is 1. The van der Waals surface area contributed by atoms with Gasteiger partial charge < -0.3 is 10.4 Å². The van der Waals surface area contributed by atoms with E-state index in [1.54, 1.807) is 6.92 Å². The smallest absolute Gasteiger partial charge is 0.256 e. The first-order valence-corrected chi connectivity index (χ1v) is 6.62. The average molecular weight is 273 g/mol. The van der Waals surface area contributed by atoms with E-state index in [2.05, 4.69) is 15.3 Å². The molecule has 0 spiro atoms. The molecule has 20 heavy (non-hydrogen) atoms. The number of nitrogens with one attached hydrogen (secondary N) is 2. The molecule has 1 aromatic heterocycles. The molecule has 1 unspecified atom stereocenters. The van der Waals surface area contributed by atoms with Gasteiger partial charge in [0.2, 0.25) is 5.95 Å². The van der Waals surface area contributed by atoms with E-state index in [4.69, 9.17) is 0 Å². The van der Waals surface area contributed by atoms with Crippen molar-refractivity contribution in [3.63, 3.8) is 0 Å². The number of aromatic amines is 1. The van der Waals surface area contributed by atoms with Gasteiger partial charge in [-0.3, -0.25) is 9.78 Å². The van der Waals surface area contributed by atoms with Crippen LogP contribution >= 0.6 is 0 Å². The lowest BCUT2D eigenvalue weighted by atomic mass is 10.1. The van der Waals surface area contributed by atoms with Crippen LogP contribution in [0.1, 0.15) is 23.7 Å². The predicted octanol–water partition coefficient (Wildman–Crippen LogP) is 1.46. The van der Waals surface area contributed by atoms with Crippen LogP contribution in [0.3, 0.4) is 0 Å². The maximum atomic E-state index is 12.1. The first-order valence-electron chi connectivity index (χ1n) is 6.62. The highest BCUT2D eigenvalue weighted by atomic mass is 16.3. The number of aliphatic hydroxyl groups excluding tert-OH is 1. The van der Waals surface area contributed by atoms with Gasteiger partial charge in [0.1, 0.15) is 0 Å². The van der Waals surface area contributed by atoms with Gasteiger partial charge in [0.25, 0.3) is 5.56 Å². The number of hydrogen-bond acceptors (Lipinski definition) is 4. The first kappa shape index (κ1) is 14.3. The number of benzene rings is 1. The van der Waals surface area contributed by atoms with Crippen LogP contribution in [-0.4, -0.2) is 27.7 Å². The molecule has 5 nitrogen and oxygen atoms in total. The molecule has 0 saturated carbocycles. The predicted molar refractivity (Wildman–Crippen MR) is 79.0 cm³/mol. The topological polar surface area (TPSA) is 78.0 Å². The van der Waals surface area contributed by atoms with Crippen LogP contribution in [0.5, 0.6) is 0 Å². The number of H-pyrrole nitrogens is 1. The van der Waals surface area contributed by atoms with Crippen LogP contribution in [0.15, 0.2) is 35.1 Å². The molecule has 3 N–H and O–H groups in total. The molecule has 0 aliphatic rings. The molecule has 1 atom stereocenters. The summed E-state index contributed by atoms with van der Waals surface area (Å²) >= 11 is 0. The summed E-state index contributed by atoms with van der Waals surface area (Å²) in [4.78, 5) is 19.1. The molecule has 1 heterocycles. The van der Waals surface area contributed by atoms with Crippen LogP contribution in [0.4, 0.5) is 5.95 Å². The molecule has 106 valence electrons. The van der Waals surface area contributed by atoms with Crippen LogP contribution in [0.25, 0.3) is 0 Å². The fourth-order valence-corrected chi connectivity index (χ4v) is 1.95. The molecule has 0 saturated heterocycles. The molecule has 0 aliphatic carbocycles. The van der Waals surface area contributed by atoms with Crippen molar-refractivity contribution in [3.8, 4) is 0 Å². The quantitative estimate of drug-likeness (QED) is 0.770. The van der Waals surface area contributed by atoms with E-state index in [9.17, 15) is 9.90 Å². The van der Waals surface area contributed by atoms with Crippen molar-refractivity contribution in [2.45, 2.75) is 26.4 Å². The lowest BCUT2D eigenvalue weighted by Gasteiger charge is -2.10. The minimum Gasteiger partial charge on any atom is -0.392 e. The second-order valence-electron chi connectivity index (χ2n) is 4.87. The summed E-state index contributed by atoms with van der Waals surface area (Å²) in [5.74, 6) is 0.394. The van der Waals surface area contributed by atoms with Crippen molar-refractivity contribution in [2.75, 3.05) is 11.9 Å². The van der Waals surface area contributed by atoms with Crippen molar-refractivity contribution in [1.82, 2.24) is 9.97 Å². The highest BCUT2D eigenvalue weighted by Crippen LogP contribution is 2.09. The Bertz CT molecular complexity index is 621. The summed E-state index contributed by atoms with van der Waals surface area (Å²) in [7, 11) is 0. The molecular formula is C15H19N3O2. The van der Waals surface area contributed by atoms with E-state index < -0.39 is 6.10 Å². The first-order chi connectivity index (χ1) is 9.56. The number of hydrogen-bond donors (Lipinski definition) is 3. The Hall–Kier alpha value is -2.14. The number of rotatable bonds is 5. The van der Waals surface area contributed by atoms with Crippen molar-refractivity contribution in [1.29, 1.82) is 0 Å². The Morgan fingerprint density at radius 3 is 2.65 bits per heavy atom. The zero-order valence-electron chi connectivity index (χ0n) is 11.7. The molecule has 0 bridgehead atoms. The third kappa shape index (κ3) is 3.68. The number of aromatic nitrogens is 2. The summed E-state index contributed by atoms with van der Waals surface area (Å²) in [5.41, 5.74) is 2.30. The van der Waals surface area contributed by atoms with Gasteiger partial charge in [-0.15, -0.1) is 0 Å². The summed E-state index contributed by atoms with van der Waals surface area (Å²) in [5, 5.41) is 12.1. The summed E-state index contributed by atoms with van der Waals surface area (Å²) in [6.07, 6.45) is 0.0655. The van der Waals surface area contributed by atoms with E-state index in [-0.39, 0.29) is 5.56 Å². The van der Waals surface area contributed by atoms with Crippen LogP contribution in [0.2, 0.25) is 0 Å². The maximum absolute atomic E-state index is 12.1. The average Bonchev–Trinajstić information content (AvgIpc) is 2.42. The third-order valence-electron chi connectivity index (χ3n) is 3.01. The molecule has 0 amide bonds. The van der Waals surface area contributed by atoms with Gasteiger partial charge in [0.15, 0.2) is 0 Å². The Morgan fingerprint density at radius 2 is 2.05 bits per heavy atom. The van der Waals surface area contributed by atoms with Crippen molar-refractivity contribution in [2.24, 2.45) is 0 Å². The highest BCUT2D eigenvalue weighted by Gasteiger charge is 2.09. The number of aryl methyl sites for hydroxylation is 1. The zero-order chi connectivity index (χ0) is 14.5. The van der Waals surface area contributed by atoms with Crippen LogP contribution < -0.4 is 10.9 Å². The monoisotopic (exact) mass is 273 g/mol. The Balaban J connectivity index is 2.21. The second-order valence-corrected chi connectivity index (χ2v) is 4.87. The Kier molecular flexibility index (Phi) is 4.53. The summed E-state index contributed by atoms with van der Waals surface area (Å²) < 4.78 is 0. The normalized spacial score (nSPS) is 12.2. The fraction of sp³-hybridized carbons (Fsp3) is 0.333. The molecule has 0 aliphatic heterocycles. The summed E-state index contributed by atoms with van der Waals surface area (Å²) in [6, 6.07) is 9.81. The van der Waals surface area contributed by atoms with Crippen LogP contribution in [-0.2, 0) is 6.42 Å². The standard InChI is InChI=1S/C15H19N3O2/c1-10(19)9-16-15-17-11(2)13(14(20)18-15)8-12-6-4-3-5-7-12/h3-7,10,19H,8-9H2,1-2H3,(H2,16,17,18,20). The molecule has 0 fully saturated rings. The number of anilines is 1. The van der Waals surface area contributed by atoms with Gasteiger partial charge in [-0.25, -0.2) is 4.98 Å². The minimum atomic E-state index is -0.496. The second kappa shape index (κ2) is 6.34. The highest BCUT2D eigenvalue weighted by molar-refractivity contribution is 5.32. The third-order valence-corrected chi connectivity index (χ3v) is 3.01. The summed E-state index contributed by atoms with van der Waals surface area (Å²) in [6.45, 7) is 3.84. The van der Waals surface area contributed by atoms with E-state index >= 15 is 0 Å². The maximum Gasteiger partial charge on any atom is 0.256 e. The zero-order valence-corrected chi connectivity index (χ0v) is 11.7. The largest absolute Gasteiger partial charge is 0.392 e. The van der Waals surface area contributed by atoms with E-state index in [1.165, 1.54) is 0 Å². The molecule has 5 heteroatoms. The van der Waals surface area contributed by atoms with Gasteiger partial charge in [-0.2, -0.15) is 0 Å². The molecular weight excluding hydrogens is 254 g/mol.